The van der Waals surface area contributed by atoms with Gasteiger partial charge in [-0.1, -0.05) is 67.4 Å². The van der Waals surface area contributed by atoms with Gasteiger partial charge in [-0.3, -0.25) is 9.59 Å². The Hall–Kier alpha value is -2.62. The van der Waals surface area contributed by atoms with E-state index < -0.39 is 5.41 Å². The van der Waals surface area contributed by atoms with E-state index in [1.54, 1.807) is 7.05 Å². The van der Waals surface area contributed by atoms with Crippen LogP contribution >= 0.6 is 0 Å². The molecule has 0 aromatic heterocycles. The monoisotopic (exact) mass is 418 g/mol. The number of hydrogen-bond acceptors (Lipinski definition) is 2. The normalized spacial score (nSPS) is 18.7. The Bertz CT molecular complexity index is 894. The quantitative estimate of drug-likeness (QED) is 0.730. The second-order valence-electron chi connectivity index (χ2n) is 9.29. The summed E-state index contributed by atoms with van der Waals surface area (Å²) >= 11 is 0. The van der Waals surface area contributed by atoms with Crippen molar-refractivity contribution >= 4 is 11.8 Å². The molecule has 2 aromatic carbocycles. The fourth-order valence-electron chi connectivity index (χ4n) is 5.46. The number of carbonyl (C=O) groups excluding carboxylic acids is 2. The highest BCUT2D eigenvalue weighted by Crippen LogP contribution is 2.39. The molecule has 1 aliphatic heterocycles. The minimum Gasteiger partial charge on any atom is -0.359 e. The third-order valence-corrected chi connectivity index (χ3v) is 7.35. The Morgan fingerprint density at radius 1 is 0.968 bits per heavy atom. The van der Waals surface area contributed by atoms with Crippen LogP contribution in [0.2, 0.25) is 0 Å². The Morgan fingerprint density at radius 2 is 1.61 bits per heavy atom. The number of benzene rings is 2. The molecule has 0 unspecified atom stereocenters. The molecular formula is C27H34N2O2. The molecule has 1 saturated heterocycles. The van der Waals surface area contributed by atoms with Crippen molar-refractivity contribution in [3.8, 4) is 11.1 Å². The Balaban J connectivity index is 1.50. The molecule has 2 aromatic rings. The van der Waals surface area contributed by atoms with Crippen LogP contribution in [0.5, 0.6) is 0 Å². The summed E-state index contributed by atoms with van der Waals surface area (Å²) in [6.45, 7) is 1.35. The van der Waals surface area contributed by atoms with Gasteiger partial charge >= 0.3 is 0 Å². The van der Waals surface area contributed by atoms with E-state index in [1.807, 2.05) is 11.0 Å². The lowest BCUT2D eigenvalue weighted by atomic mass is 9.72. The number of nitrogens with one attached hydrogen (secondary N) is 1. The fourth-order valence-corrected chi connectivity index (χ4v) is 5.46. The molecular weight excluding hydrogens is 384 g/mol. The van der Waals surface area contributed by atoms with Crippen LogP contribution in [0, 0.1) is 11.3 Å². The number of rotatable bonds is 6. The lowest BCUT2D eigenvalue weighted by Crippen LogP contribution is -2.50. The Kier molecular flexibility index (Phi) is 6.74. The highest BCUT2D eigenvalue weighted by atomic mass is 16.2. The van der Waals surface area contributed by atoms with E-state index in [0.29, 0.717) is 44.7 Å². The molecule has 1 saturated carbocycles. The molecule has 4 nitrogen and oxygen atoms in total. The van der Waals surface area contributed by atoms with Crippen molar-refractivity contribution in [3.05, 3.63) is 60.2 Å². The zero-order valence-corrected chi connectivity index (χ0v) is 18.6. The zero-order valence-electron chi connectivity index (χ0n) is 18.6. The van der Waals surface area contributed by atoms with Crippen LogP contribution < -0.4 is 5.32 Å². The van der Waals surface area contributed by atoms with Crippen molar-refractivity contribution < 1.29 is 9.59 Å². The number of carbonyl (C=O) groups is 2. The van der Waals surface area contributed by atoms with Crippen LogP contribution in [0.3, 0.4) is 0 Å². The third-order valence-electron chi connectivity index (χ3n) is 7.35. The maximum Gasteiger partial charge on any atom is 0.226 e. The van der Waals surface area contributed by atoms with Gasteiger partial charge in [0.05, 0.1) is 5.41 Å². The molecule has 31 heavy (non-hydrogen) atoms. The molecule has 1 aliphatic carbocycles. The minimum absolute atomic E-state index is 0.0956. The minimum atomic E-state index is -0.468. The number of nitrogens with zero attached hydrogens (tertiary/aromatic N) is 1. The molecule has 2 amide bonds. The Morgan fingerprint density at radius 3 is 2.29 bits per heavy atom. The van der Waals surface area contributed by atoms with Gasteiger partial charge in [0.2, 0.25) is 11.8 Å². The summed E-state index contributed by atoms with van der Waals surface area (Å²) in [7, 11) is 1.73. The number of likely N-dealkylation sites (tertiary alicyclic amines) is 1. The first-order valence-corrected chi connectivity index (χ1v) is 11.7. The molecule has 2 fully saturated rings. The molecule has 4 rings (SSSR count). The predicted molar refractivity (Wildman–Crippen MR) is 124 cm³/mol. The van der Waals surface area contributed by atoms with E-state index in [1.165, 1.54) is 42.4 Å². The van der Waals surface area contributed by atoms with Crippen LogP contribution in [-0.2, 0) is 16.0 Å². The van der Waals surface area contributed by atoms with Crippen LogP contribution in [0.25, 0.3) is 11.1 Å². The molecule has 2 aliphatic rings. The summed E-state index contributed by atoms with van der Waals surface area (Å²) in [6, 6.07) is 18.8. The Labute approximate surface area is 186 Å². The van der Waals surface area contributed by atoms with Gasteiger partial charge in [0.15, 0.2) is 0 Å². The zero-order chi connectivity index (χ0) is 21.7. The molecule has 0 radical (unpaired) electrons. The van der Waals surface area contributed by atoms with Gasteiger partial charge < -0.3 is 10.2 Å². The average molecular weight is 419 g/mol. The number of hydrogen-bond donors (Lipinski definition) is 1. The lowest BCUT2D eigenvalue weighted by molar-refractivity contribution is -0.140. The maximum absolute atomic E-state index is 13.1. The lowest BCUT2D eigenvalue weighted by Gasteiger charge is -2.41. The second-order valence-corrected chi connectivity index (χ2v) is 9.29. The van der Waals surface area contributed by atoms with Crippen molar-refractivity contribution in [1.82, 2.24) is 10.2 Å². The summed E-state index contributed by atoms with van der Waals surface area (Å²) < 4.78 is 0. The van der Waals surface area contributed by atoms with Crippen molar-refractivity contribution in [2.45, 2.75) is 51.4 Å². The largest absolute Gasteiger partial charge is 0.359 e. The summed E-state index contributed by atoms with van der Waals surface area (Å²) in [4.78, 5) is 27.9. The van der Waals surface area contributed by atoms with Gasteiger partial charge in [-0.15, -0.1) is 0 Å². The highest BCUT2D eigenvalue weighted by Gasteiger charge is 2.42. The van der Waals surface area contributed by atoms with E-state index >= 15 is 0 Å². The van der Waals surface area contributed by atoms with Crippen LogP contribution in [0.15, 0.2) is 54.6 Å². The topological polar surface area (TPSA) is 49.4 Å². The molecule has 0 spiro atoms. The van der Waals surface area contributed by atoms with E-state index in [9.17, 15) is 9.59 Å². The second kappa shape index (κ2) is 9.67. The van der Waals surface area contributed by atoms with E-state index in [2.05, 4.69) is 53.8 Å². The molecule has 164 valence electrons. The van der Waals surface area contributed by atoms with Crippen molar-refractivity contribution in [3.63, 3.8) is 0 Å². The standard InChI is InChI=1S/C27H34N2O2/c1-28-26(31)27(15-17-29(18-16-27)25(30)19-21-9-5-6-10-21)20-23-13-7-8-14-24(23)22-11-3-2-4-12-22/h2-4,7-8,11-14,21H,5-6,9-10,15-20H2,1H3,(H,28,31). The number of piperidine rings is 1. The first-order chi connectivity index (χ1) is 15.1. The van der Waals surface area contributed by atoms with Gasteiger partial charge in [-0.2, -0.15) is 0 Å². The maximum atomic E-state index is 13.1. The van der Waals surface area contributed by atoms with Crippen LogP contribution in [0.1, 0.15) is 50.5 Å². The molecule has 4 heteroatoms. The SMILES string of the molecule is CNC(=O)C1(Cc2ccccc2-c2ccccc2)CCN(C(=O)CC2CCCC2)CC1. The van der Waals surface area contributed by atoms with Gasteiger partial charge in [0.25, 0.3) is 0 Å². The molecule has 0 atom stereocenters. The first-order valence-electron chi connectivity index (χ1n) is 11.7. The van der Waals surface area contributed by atoms with E-state index in [4.69, 9.17) is 0 Å². The van der Waals surface area contributed by atoms with E-state index in [-0.39, 0.29) is 11.8 Å². The first kappa shape index (κ1) is 21.6. The highest BCUT2D eigenvalue weighted by molar-refractivity contribution is 5.84. The smallest absolute Gasteiger partial charge is 0.226 e. The van der Waals surface area contributed by atoms with Crippen molar-refractivity contribution in [2.24, 2.45) is 11.3 Å². The van der Waals surface area contributed by atoms with E-state index in [0.717, 1.165) is 0 Å². The summed E-state index contributed by atoms with van der Waals surface area (Å²) in [5, 5.41) is 2.92. The van der Waals surface area contributed by atoms with Gasteiger partial charge in [0, 0.05) is 26.6 Å². The van der Waals surface area contributed by atoms with Gasteiger partial charge in [-0.05, 0) is 54.7 Å². The number of amides is 2. The van der Waals surface area contributed by atoms with Crippen LogP contribution in [-0.4, -0.2) is 36.9 Å². The average Bonchev–Trinajstić information content (AvgIpc) is 3.33. The third kappa shape index (κ3) is 4.84. The predicted octanol–water partition coefficient (Wildman–Crippen LogP) is 4.83. The summed E-state index contributed by atoms with van der Waals surface area (Å²) in [5.41, 5.74) is 3.09. The van der Waals surface area contributed by atoms with Crippen molar-refractivity contribution in [2.75, 3.05) is 20.1 Å². The molecule has 1 heterocycles. The van der Waals surface area contributed by atoms with Crippen molar-refractivity contribution in [1.29, 1.82) is 0 Å². The van der Waals surface area contributed by atoms with Gasteiger partial charge in [-0.25, -0.2) is 0 Å². The van der Waals surface area contributed by atoms with Crippen LogP contribution in [0.4, 0.5) is 0 Å². The summed E-state index contributed by atoms with van der Waals surface area (Å²) in [6.07, 6.45) is 7.72. The summed E-state index contributed by atoms with van der Waals surface area (Å²) in [5.74, 6) is 0.941. The fraction of sp³-hybridized carbons (Fsp3) is 0.481. The van der Waals surface area contributed by atoms with Gasteiger partial charge in [0.1, 0.15) is 0 Å². The molecule has 1 N–H and O–H groups in total. The molecule has 0 bridgehead atoms.